The summed E-state index contributed by atoms with van der Waals surface area (Å²) in [5, 5.41) is 27.5. The summed E-state index contributed by atoms with van der Waals surface area (Å²) >= 11 is 0. The summed E-state index contributed by atoms with van der Waals surface area (Å²) in [5.74, 6) is -4.90. The first-order chi connectivity index (χ1) is 11.8. The van der Waals surface area contributed by atoms with E-state index in [0.29, 0.717) is 12.8 Å². The van der Waals surface area contributed by atoms with Gasteiger partial charge in [0.25, 0.3) is 0 Å². The van der Waals surface area contributed by atoms with Gasteiger partial charge >= 0.3 is 17.9 Å². The number of ether oxygens (including phenoxy) is 1. The number of aliphatic hydroxyl groups is 1. The lowest BCUT2D eigenvalue weighted by atomic mass is 9.89. The van der Waals surface area contributed by atoms with E-state index >= 15 is 0 Å². The lowest BCUT2D eigenvalue weighted by Crippen LogP contribution is -2.43. The van der Waals surface area contributed by atoms with Crippen molar-refractivity contribution >= 4 is 23.7 Å². The maximum Gasteiger partial charge on any atom is 0.336 e. The van der Waals surface area contributed by atoms with Gasteiger partial charge in [-0.3, -0.25) is 14.4 Å². The van der Waals surface area contributed by atoms with E-state index in [1.165, 1.54) is 6.92 Å². The number of hydrogen-bond donors (Lipinski definition) is 3. The topological polar surface area (TPSA) is 138 Å². The quantitative estimate of drug-likeness (QED) is 0.349. The predicted octanol–water partition coefficient (Wildman–Crippen LogP) is 2.16. The monoisotopic (exact) mass is 374 g/mol. The average molecular weight is 374 g/mol. The average Bonchev–Trinajstić information content (AvgIpc) is 2.42. The Bertz CT molecular complexity index is 520. The van der Waals surface area contributed by atoms with Crippen molar-refractivity contribution in [2.75, 3.05) is 0 Å². The normalized spacial score (nSPS) is 15.0. The highest BCUT2D eigenvalue weighted by Crippen LogP contribution is 2.23. The van der Waals surface area contributed by atoms with E-state index in [4.69, 9.17) is 14.9 Å². The highest BCUT2D eigenvalue weighted by atomic mass is 16.5. The lowest BCUT2D eigenvalue weighted by Gasteiger charge is -2.22. The lowest BCUT2D eigenvalue weighted by molar-refractivity contribution is -0.174. The van der Waals surface area contributed by atoms with Gasteiger partial charge in [-0.25, -0.2) is 4.79 Å². The van der Waals surface area contributed by atoms with Crippen LogP contribution in [0, 0.1) is 5.41 Å². The van der Waals surface area contributed by atoms with Gasteiger partial charge in [0.1, 0.15) is 0 Å². The second-order valence-electron chi connectivity index (χ2n) is 7.83. The molecule has 0 aliphatic rings. The molecule has 8 nitrogen and oxygen atoms in total. The van der Waals surface area contributed by atoms with Crippen LogP contribution in [0.3, 0.4) is 0 Å². The highest BCUT2D eigenvalue weighted by molar-refractivity contribution is 5.89. The van der Waals surface area contributed by atoms with Crippen LogP contribution in [0.25, 0.3) is 0 Å². The Hall–Kier alpha value is -1.96. The van der Waals surface area contributed by atoms with Crippen molar-refractivity contribution in [1.29, 1.82) is 0 Å². The molecule has 0 bridgehead atoms. The van der Waals surface area contributed by atoms with Crippen LogP contribution in [0.2, 0.25) is 0 Å². The molecular formula is C18H30O8. The minimum Gasteiger partial charge on any atom is -0.481 e. The summed E-state index contributed by atoms with van der Waals surface area (Å²) in [6.07, 6.45) is 0.605. The second-order valence-corrected chi connectivity index (χ2v) is 7.83. The summed E-state index contributed by atoms with van der Waals surface area (Å²) in [4.78, 5) is 45.2. The van der Waals surface area contributed by atoms with E-state index in [1.807, 2.05) is 0 Å². The molecule has 0 aliphatic heterocycles. The van der Waals surface area contributed by atoms with Crippen molar-refractivity contribution in [2.24, 2.45) is 5.41 Å². The number of rotatable bonds is 12. The van der Waals surface area contributed by atoms with E-state index in [0.717, 1.165) is 19.3 Å². The van der Waals surface area contributed by atoms with E-state index in [9.17, 15) is 24.3 Å². The third-order valence-electron chi connectivity index (χ3n) is 3.90. The molecule has 0 spiro atoms. The number of carbonyl (C=O) groups is 4. The standard InChI is InChI=1S/C18H30O8/c1-12(19)13(8-6-5-7-9-17(2,3)4)26-15(22)11-18(25,16(23)24)10-14(20)21/h13,25H,5-11H2,1-4H3,(H,20,21)(H,23,24). The summed E-state index contributed by atoms with van der Waals surface area (Å²) < 4.78 is 4.98. The number of unbranched alkanes of at least 4 members (excludes halogenated alkanes) is 2. The van der Waals surface area contributed by atoms with Crippen LogP contribution >= 0.6 is 0 Å². The summed E-state index contributed by atoms with van der Waals surface area (Å²) in [6, 6.07) is 0. The van der Waals surface area contributed by atoms with Gasteiger partial charge in [-0.15, -0.1) is 0 Å². The Balaban J connectivity index is 4.60. The van der Waals surface area contributed by atoms with Crippen molar-refractivity contribution in [3.8, 4) is 0 Å². The van der Waals surface area contributed by atoms with Gasteiger partial charge in [0.05, 0.1) is 12.8 Å². The fourth-order valence-electron chi connectivity index (χ4n) is 2.41. The molecule has 2 unspecified atom stereocenters. The Morgan fingerprint density at radius 3 is 1.96 bits per heavy atom. The molecule has 0 saturated carbocycles. The summed E-state index contributed by atoms with van der Waals surface area (Å²) in [6.45, 7) is 7.66. The first-order valence-electron chi connectivity index (χ1n) is 8.64. The molecule has 0 rings (SSSR count). The Labute approximate surface area is 153 Å². The van der Waals surface area contributed by atoms with Crippen molar-refractivity contribution < 1.29 is 39.2 Å². The molecule has 0 aromatic carbocycles. The van der Waals surface area contributed by atoms with Crippen molar-refractivity contribution in [2.45, 2.75) is 84.3 Å². The first-order valence-corrected chi connectivity index (χ1v) is 8.64. The molecule has 0 fully saturated rings. The van der Waals surface area contributed by atoms with E-state index < -0.39 is 42.5 Å². The van der Waals surface area contributed by atoms with Crippen LogP contribution in [0.15, 0.2) is 0 Å². The van der Waals surface area contributed by atoms with Gasteiger partial charge in [-0.2, -0.15) is 0 Å². The maximum atomic E-state index is 11.9. The Morgan fingerprint density at radius 1 is 0.962 bits per heavy atom. The van der Waals surface area contributed by atoms with Crippen LogP contribution in [-0.4, -0.2) is 50.7 Å². The Kier molecular flexibility index (Phi) is 9.48. The van der Waals surface area contributed by atoms with Crippen LogP contribution < -0.4 is 0 Å². The van der Waals surface area contributed by atoms with Gasteiger partial charge in [0.15, 0.2) is 17.5 Å². The van der Waals surface area contributed by atoms with Crippen molar-refractivity contribution in [3.63, 3.8) is 0 Å². The fourth-order valence-corrected chi connectivity index (χ4v) is 2.41. The van der Waals surface area contributed by atoms with Gasteiger partial charge in [-0.1, -0.05) is 33.6 Å². The smallest absolute Gasteiger partial charge is 0.336 e. The number of esters is 1. The van der Waals surface area contributed by atoms with Gasteiger partial charge in [0, 0.05) is 0 Å². The molecular weight excluding hydrogens is 344 g/mol. The zero-order valence-electron chi connectivity index (χ0n) is 15.9. The molecule has 0 aromatic rings. The highest BCUT2D eigenvalue weighted by Gasteiger charge is 2.42. The zero-order chi connectivity index (χ0) is 20.5. The number of carbonyl (C=O) groups excluding carboxylic acids is 2. The fraction of sp³-hybridized carbons (Fsp3) is 0.778. The Morgan fingerprint density at radius 2 is 1.54 bits per heavy atom. The molecule has 0 radical (unpaired) electrons. The van der Waals surface area contributed by atoms with E-state index in [-0.39, 0.29) is 11.2 Å². The summed E-state index contributed by atoms with van der Waals surface area (Å²) in [5.41, 5.74) is -2.55. The van der Waals surface area contributed by atoms with E-state index in [2.05, 4.69) is 20.8 Å². The summed E-state index contributed by atoms with van der Waals surface area (Å²) in [7, 11) is 0. The van der Waals surface area contributed by atoms with Crippen molar-refractivity contribution in [1.82, 2.24) is 0 Å². The SMILES string of the molecule is CC(=O)C(CCCCCC(C)(C)C)OC(=O)CC(O)(CC(=O)O)C(=O)O. The molecule has 2 atom stereocenters. The largest absolute Gasteiger partial charge is 0.481 e. The second kappa shape index (κ2) is 10.3. The number of carboxylic acids is 2. The first kappa shape index (κ1) is 24.0. The zero-order valence-corrected chi connectivity index (χ0v) is 15.9. The van der Waals surface area contributed by atoms with Crippen LogP contribution in [-0.2, 0) is 23.9 Å². The van der Waals surface area contributed by atoms with Crippen LogP contribution in [0.1, 0.15) is 72.6 Å². The number of hydrogen-bond acceptors (Lipinski definition) is 6. The number of Topliss-reactive ketones (excluding diaryl/α,β-unsaturated/α-hetero) is 1. The third-order valence-corrected chi connectivity index (χ3v) is 3.90. The minimum atomic E-state index is -2.77. The van der Waals surface area contributed by atoms with Gasteiger partial charge in [-0.05, 0) is 31.6 Å². The molecule has 0 amide bonds. The molecule has 0 aromatic heterocycles. The molecule has 26 heavy (non-hydrogen) atoms. The molecule has 0 aliphatic carbocycles. The number of ketones is 1. The third kappa shape index (κ3) is 10.1. The van der Waals surface area contributed by atoms with Crippen LogP contribution in [0.4, 0.5) is 0 Å². The number of aliphatic carboxylic acids is 2. The van der Waals surface area contributed by atoms with E-state index in [1.54, 1.807) is 0 Å². The molecule has 3 N–H and O–H groups in total. The molecule has 150 valence electrons. The number of carboxylic acid groups (broad SMARTS) is 2. The molecule has 8 heteroatoms. The van der Waals surface area contributed by atoms with Crippen LogP contribution in [0.5, 0.6) is 0 Å². The molecule has 0 saturated heterocycles. The molecule has 0 heterocycles. The van der Waals surface area contributed by atoms with Gasteiger partial charge in [0.2, 0.25) is 0 Å². The minimum absolute atomic E-state index is 0.220. The maximum absolute atomic E-state index is 11.9. The predicted molar refractivity (Wildman–Crippen MR) is 92.6 cm³/mol. The van der Waals surface area contributed by atoms with Crippen molar-refractivity contribution in [3.05, 3.63) is 0 Å². The van der Waals surface area contributed by atoms with Gasteiger partial charge < -0.3 is 20.1 Å².